The summed E-state index contributed by atoms with van der Waals surface area (Å²) < 4.78 is 16.4. The highest BCUT2D eigenvalue weighted by molar-refractivity contribution is 14.1. The Morgan fingerprint density at radius 3 is 2.66 bits per heavy atom. The predicted octanol–water partition coefficient (Wildman–Crippen LogP) is 4.29. The molecule has 0 fully saturated rings. The van der Waals surface area contributed by atoms with Gasteiger partial charge in [0.15, 0.2) is 6.61 Å². The van der Waals surface area contributed by atoms with Crippen LogP contribution in [-0.2, 0) is 4.79 Å². The molecule has 0 aliphatic heterocycles. The third kappa shape index (κ3) is 6.33. The Balaban J connectivity index is 1.46. The van der Waals surface area contributed by atoms with Crippen LogP contribution in [0.4, 0.5) is 0 Å². The third-order valence-corrected chi connectivity index (χ3v) is 4.55. The summed E-state index contributed by atoms with van der Waals surface area (Å²) in [4.78, 5) is 23.6. The van der Waals surface area contributed by atoms with Crippen molar-refractivity contribution in [3.8, 4) is 11.5 Å². The molecule has 0 saturated heterocycles. The van der Waals surface area contributed by atoms with Crippen LogP contribution in [0.25, 0.3) is 0 Å². The molecule has 1 N–H and O–H groups in total. The topological polar surface area (TPSA) is 90.1 Å². The van der Waals surface area contributed by atoms with Crippen LogP contribution >= 0.6 is 34.2 Å². The minimum atomic E-state index is -0.584. The van der Waals surface area contributed by atoms with Crippen molar-refractivity contribution in [1.29, 1.82) is 0 Å². The summed E-state index contributed by atoms with van der Waals surface area (Å²) in [6.45, 7) is -0.184. The molecule has 148 valence electrons. The van der Waals surface area contributed by atoms with Gasteiger partial charge >= 0.3 is 5.97 Å². The number of halogens is 2. The van der Waals surface area contributed by atoms with Crippen molar-refractivity contribution in [2.75, 3.05) is 6.61 Å². The molecule has 0 aliphatic carbocycles. The molecule has 29 heavy (non-hydrogen) atoms. The summed E-state index contributed by atoms with van der Waals surface area (Å²) in [5.41, 5.74) is 3.08. The molecule has 3 rings (SSSR count). The molecule has 0 unspecified atom stereocenters. The van der Waals surface area contributed by atoms with Crippen LogP contribution in [-0.4, -0.2) is 24.7 Å². The molecule has 1 amide bonds. The zero-order chi connectivity index (χ0) is 20.6. The lowest BCUT2D eigenvalue weighted by molar-refractivity contribution is -0.123. The number of hydrogen-bond donors (Lipinski definition) is 1. The fourth-order valence-electron chi connectivity index (χ4n) is 2.12. The highest BCUT2D eigenvalue weighted by Crippen LogP contribution is 2.24. The maximum absolute atomic E-state index is 11.8. The Morgan fingerprint density at radius 1 is 1.17 bits per heavy atom. The summed E-state index contributed by atoms with van der Waals surface area (Å²) in [6, 6.07) is 14.8. The van der Waals surface area contributed by atoms with Crippen LogP contribution in [0.3, 0.4) is 0 Å². The van der Waals surface area contributed by atoms with Crippen LogP contribution in [0.15, 0.2) is 70.4 Å². The first kappa shape index (κ1) is 20.9. The van der Waals surface area contributed by atoms with Gasteiger partial charge in [-0.25, -0.2) is 10.2 Å². The zero-order valence-electron chi connectivity index (χ0n) is 14.8. The molecular formula is C20H14ClIN2O5. The number of benzene rings is 2. The molecule has 1 aromatic heterocycles. The first-order chi connectivity index (χ1) is 14.0. The van der Waals surface area contributed by atoms with Gasteiger partial charge in [0.1, 0.15) is 11.5 Å². The van der Waals surface area contributed by atoms with Gasteiger partial charge in [-0.1, -0.05) is 11.6 Å². The molecule has 9 heteroatoms. The largest absolute Gasteiger partial charge is 0.483 e. The smallest absolute Gasteiger partial charge is 0.379 e. The van der Waals surface area contributed by atoms with Gasteiger partial charge in [-0.3, -0.25) is 4.79 Å². The van der Waals surface area contributed by atoms with Crippen LogP contribution in [0.5, 0.6) is 11.5 Å². The highest BCUT2D eigenvalue weighted by atomic mass is 127. The van der Waals surface area contributed by atoms with E-state index in [1.807, 2.05) is 0 Å². The van der Waals surface area contributed by atoms with Gasteiger partial charge in [-0.2, -0.15) is 5.10 Å². The molecule has 0 spiro atoms. The van der Waals surface area contributed by atoms with Crippen molar-refractivity contribution >= 4 is 52.3 Å². The van der Waals surface area contributed by atoms with Crippen molar-refractivity contribution in [2.45, 2.75) is 0 Å². The van der Waals surface area contributed by atoms with Gasteiger partial charge in [0.25, 0.3) is 5.91 Å². The van der Waals surface area contributed by atoms with Gasteiger partial charge in [-0.15, -0.1) is 0 Å². The number of hydrazone groups is 1. The maximum atomic E-state index is 11.8. The monoisotopic (exact) mass is 524 g/mol. The van der Waals surface area contributed by atoms with Gasteiger partial charge in [0, 0.05) is 5.02 Å². The number of ether oxygens (including phenoxy) is 2. The van der Waals surface area contributed by atoms with Crippen molar-refractivity contribution in [3.05, 3.63) is 80.8 Å². The summed E-state index contributed by atoms with van der Waals surface area (Å²) in [7, 11) is 0. The lowest BCUT2D eigenvalue weighted by Crippen LogP contribution is -2.24. The standard InChI is InChI=1S/C20H14ClIN2O5/c21-14-5-8-17(16(22)10-14)28-12-19(25)24-23-11-13-3-6-15(7-4-13)29-20(26)18-2-1-9-27-18/h1-11H,12H2,(H,24,25). The third-order valence-electron chi connectivity index (χ3n) is 3.47. The summed E-state index contributed by atoms with van der Waals surface area (Å²) in [5.74, 6) is 0.0521. The number of hydrogen-bond acceptors (Lipinski definition) is 6. The number of amides is 1. The second-order valence-electron chi connectivity index (χ2n) is 5.59. The van der Waals surface area contributed by atoms with E-state index in [0.717, 1.165) is 3.57 Å². The number of rotatable bonds is 7. The lowest BCUT2D eigenvalue weighted by Gasteiger charge is -2.07. The van der Waals surface area contributed by atoms with E-state index in [-0.39, 0.29) is 12.4 Å². The molecule has 0 bridgehead atoms. The van der Waals surface area contributed by atoms with Crippen LogP contribution in [0, 0.1) is 3.57 Å². The summed E-state index contributed by atoms with van der Waals surface area (Å²) in [6.07, 6.45) is 2.85. The molecule has 2 aromatic carbocycles. The van der Waals surface area contributed by atoms with E-state index >= 15 is 0 Å². The Bertz CT molecular complexity index is 1020. The van der Waals surface area contributed by atoms with Crippen LogP contribution < -0.4 is 14.9 Å². The van der Waals surface area contributed by atoms with Gasteiger partial charge in [0.2, 0.25) is 5.76 Å². The molecule has 7 nitrogen and oxygen atoms in total. The number of nitrogens with zero attached hydrogens (tertiary/aromatic N) is 1. The Labute approximate surface area is 184 Å². The van der Waals surface area contributed by atoms with Crippen LogP contribution in [0.2, 0.25) is 5.02 Å². The molecule has 0 radical (unpaired) electrons. The minimum absolute atomic E-state index is 0.119. The van der Waals surface area contributed by atoms with E-state index in [4.69, 9.17) is 25.5 Å². The van der Waals surface area contributed by atoms with E-state index in [1.165, 1.54) is 18.5 Å². The first-order valence-corrected chi connectivity index (χ1v) is 9.72. The number of nitrogens with one attached hydrogen (secondary N) is 1. The van der Waals surface area contributed by atoms with E-state index in [0.29, 0.717) is 22.1 Å². The molecule has 0 saturated carbocycles. The minimum Gasteiger partial charge on any atom is -0.483 e. The second kappa shape index (κ2) is 10.1. The number of carbonyl (C=O) groups excluding carboxylic acids is 2. The molecule has 0 atom stereocenters. The number of esters is 1. The Morgan fingerprint density at radius 2 is 1.97 bits per heavy atom. The van der Waals surface area contributed by atoms with Crippen molar-refractivity contribution < 1.29 is 23.5 Å². The van der Waals surface area contributed by atoms with Crippen molar-refractivity contribution in [2.24, 2.45) is 5.10 Å². The molecular weight excluding hydrogens is 511 g/mol. The fraction of sp³-hybridized carbons (Fsp3) is 0.0500. The van der Waals surface area contributed by atoms with Gasteiger partial charge < -0.3 is 13.9 Å². The van der Waals surface area contributed by atoms with E-state index in [1.54, 1.807) is 48.5 Å². The first-order valence-electron chi connectivity index (χ1n) is 8.27. The predicted molar refractivity (Wildman–Crippen MR) is 116 cm³/mol. The van der Waals surface area contributed by atoms with Gasteiger partial charge in [-0.05, 0) is 82.8 Å². The maximum Gasteiger partial charge on any atom is 0.379 e. The number of furan rings is 1. The van der Waals surface area contributed by atoms with Gasteiger partial charge in [0.05, 0.1) is 16.0 Å². The highest BCUT2D eigenvalue weighted by Gasteiger charge is 2.11. The second-order valence-corrected chi connectivity index (χ2v) is 7.19. The quantitative estimate of drug-likeness (QED) is 0.164. The van der Waals surface area contributed by atoms with Crippen LogP contribution in [0.1, 0.15) is 16.1 Å². The van der Waals surface area contributed by atoms with E-state index < -0.39 is 11.9 Å². The van der Waals surface area contributed by atoms with Crippen molar-refractivity contribution in [1.82, 2.24) is 5.43 Å². The molecule has 0 aliphatic rings. The molecule has 1 heterocycles. The fourth-order valence-corrected chi connectivity index (χ4v) is 3.15. The Kier molecular flexibility index (Phi) is 7.25. The number of carbonyl (C=O) groups is 2. The summed E-state index contributed by atoms with van der Waals surface area (Å²) >= 11 is 7.95. The average molecular weight is 525 g/mol. The summed E-state index contributed by atoms with van der Waals surface area (Å²) in [5, 5.41) is 4.47. The average Bonchev–Trinajstić information content (AvgIpc) is 3.24. The zero-order valence-corrected chi connectivity index (χ0v) is 17.7. The molecule has 3 aromatic rings. The lowest BCUT2D eigenvalue weighted by atomic mass is 10.2. The van der Waals surface area contributed by atoms with E-state index in [9.17, 15) is 9.59 Å². The SMILES string of the molecule is O=C(COc1ccc(Cl)cc1I)NN=Cc1ccc(OC(=O)c2ccco2)cc1. The normalized spacial score (nSPS) is 10.7. The van der Waals surface area contributed by atoms with E-state index in [2.05, 4.69) is 33.1 Å². The van der Waals surface area contributed by atoms with Crippen molar-refractivity contribution in [3.63, 3.8) is 0 Å². The Hall–Kier alpha value is -2.85.